The highest BCUT2D eigenvalue weighted by Gasteiger charge is 2.44. The molecule has 0 spiro atoms. The number of hydrogen-bond donors (Lipinski definition) is 1. The highest BCUT2D eigenvalue weighted by atomic mass is 16.6. The summed E-state index contributed by atoms with van der Waals surface area (Å²) < 4.78 is 0. The van der Waals surface area contributed by atoms with E-state index >= 15 is 0 Å². The lowest BCUT2D eigenvalue weighted by atomic mass is 9.97. The maximum Gasteiger partial charge on any atom is 0.0775 e. The van der Waals surface area contributed by atoms with Gasteiger partial charge in [0.2, 0.25) is 0 Å². The predicted octanol–water partition coefficient (Wildman–Crippen LogP) is 1.67. The molecule has 0 aliphatic heterocycles. The van der Waals surface area contributed by atoms with Crippen molar-refractivity contribution in [1.29, 1.82) is 0 Å². The minimum atomic E-state index is 0.208. The van der Waals surface area contributed by atoms with Crippen LogP contribution >= 0.6 is 0 Å². The fourth-order valence-electron chi connectivity index (χ4n) is 1.94. The predicted molar refractivity (Wildman–Crippen MR) is 61.8 cm³/mol. The summed E-state index contributed by atoms with van der Waals surface area (Å²) in [7, 11) is 4.09. The molecule has 0 amide bonds. The van der Waals surface area contributed by atoms with Crippen molar-refractivity contribution >= 4 is 5.69 Å². The third-order valence-corrected chi connectivity index (χ3v) is 3.21. The summed E-state index contributed by atoms with van der Waals surface area (Å²) in [5, 5.41) is 0. The van der Waals surface area contributed by atoms with Crippen molar-refractivity contribution in [3.05, 3.63) is 29.8 Å². The molecule has 2 N–H and O–H groups in total. The van der Waals surface area contributed by atoms with E-state index in [1.54, 1.807) is 0 Å². The van der Waals surface area contributed by atoms with Gasteiger partial charge in [-0.1, -0.05) is 12.1 Å². The minimum Gasteiger partial charge on any atom is -0.378 e. The van der Waals surface area contributed by atoms with E-state index in [1.807, 2.05) is 14.1 Å². The summed E-state index contributed by atoms with van der Waals surface area (Å²) in [6.45, 7) is 0.633. The summed E-state index contributed by atoms with van der Waals surface area (Å²) in [5.41, 5.74) is 2.78. The van der Waals surface area contributed by atoms with Gasteiger partial charge in [0, 0.05) is 25.2 Å². The Morgan fingerprint density at radius 1 is 1.27 bits per heavy atom. The maximum absolute atomic E-state index is 5.16. The SMILES string of the molecule is CN(C)c1ccc(C2(CON)CC2)cc1. The summed E-state index contributed by atoms with van der Waals surface area (Å²) in [5.74, 6) is 5.16. The quantitative estimate of drug-likeness (QED) is 0.762. The van der Waals surface area contributed by atoms with Crippen molar-refractivity contribution < 1.29 is 4.84 Å². The Bertz CT molecular complexity index is 328. The molecule has 0 aromatic heterocycles. The van der Waals surface area contributed by atoms with Crippen LogP contribution in [0.4, 0.5) is 5.69 Å². The molecule has 1 aliphatic carbocycles. The average Bonchev–Trinajstić information content (AvgIpc) is 3.00. The summed E-state index contributed by atoms with van der Waals surface area (Å²) in [6.07, 6.45) is 2.37. The Morgan fingerprint density at radius 3 is 2.27 bits per heavy atom. The van der Waals surface area contributed by atoms with E-state index in [-0.39, 0.29) is 5.41 Å². The molecule has 2 rings (SSSR count). The molecule has 1 aliphatic rings. The fraction of sp³-hybridized carbons (Fsp3) is 0.500. The van der Waals surface area contributed by atoms with Crippen LogP contribution in [0.25, 0.3) is 0 Å². The third kappa shape index (κ3) is 1.98. The van der Waals surface area contributed by atoms with E-state index < -0.39 is 0 Å². The van der Waals surface area contributed by atoms with Gasteiger partial charge in [-0.3, -0.25) is 0 Å². The van der Waals surface area contributed by atoms with E-state index in [1.165, 1.54) is 24.1 Å². The van der Waals surface area contributed by atoms with E-state index in [9.17, 15) is 0 Å². The molecule has 3 nitrogen and oxygen atoms in total. The van der Waals surface area contributed by atoms with Crippen LogP contribution in [0.1, 0.15) is 18.4 Å². The van der Waals surface area contributed by atoms with Gasteiger partial charge in [-0.2, -0.15) is 0 Å². The van der Waals surface area contributed by atoms with Crippen molar-refractivity contribution in [2.75, 3.05) is 25.6 Å². The fourth-order valence-corrected chi connectivity index (χ4v) is 1.94. The van der Waals surface area contributed by atoms with Crippen LogP contribution < -0.4 is 10.8 Å². The first-order valence-corrected chi connectivity index (χ1v) is 5.27. The molecule has 3 heteroatoms. The van der Waals surface area contributed by atoms with Crippen LogP contribution in [-0.2, 0) is 10.3 Å². The summed E-state index contributed by atoms with van der Waals surface area (Å²) in [6, 6.07) is 8.65. The smallest absolute Gasteiger partial charge is 0.0775 e. The summed E-state index contributed by atoms with van der Waals surface area (Å²) in [4.78, 5) is 6.89. The first kappa shape index (κ1) is 10.5. The molecular weight excluding hydrogens is 188 g/mol. The van der Waals surface area contributed by atoms with E-state index in [0.717, 1.165) is 0 Å². The number of anilines is 1. The number of nitrogens with two attached hydrogens (primary N) is 1. The summed E-state index contributed by atoms with van der Waals surface area (Å²) >= 11 is 0. The zero-order valence-electron chi connectivity index (χ0n) is 9.36. The van der Waals surface area contributed by atoms with Gasteiger partial charge in [0.05, 0.1) is 6.61 Å². The number of nitrogens with zero attached hydrogens (tertiary/aromatic N) is 1. The van der Waals surface area contributed by atoms with E-state index in [4.69, 9.17) is 10.7 Å². The van der Waals surface area contributed by atoms with Crippen LogP contribution in [-0.4, -0.2) is 20.7 Å². The van der Waals surface area contributed by atoms with Gasteiger partial charge in [0.25, 0.3) is 0 Å². The largest absolute Gasteiger partial charge is 0.378 e. The molecule has 1 aromatic rings. The normalized spacial score (nSPS) is 17.5. The van der Waals surface area contributed by atoms with Crippen LogP contribution in [0, 0.1) is 0 Å². The van der Waals surface area contributed by atoms with Gasteiger partial charge in [-0.15, -0.1) is 0 Å². The monoisotopic (exact) mass is 206 g/mol. The van der Waals surface area contributed by atoms with Crippen molar-refractivity contribution in [3.8, 4) is 0 Å². The molecule has 1 aromatic carbocycles. The first-order chi connectivity index (χ1) is 7.18. The second kappa shape index (κ2) is 3.83. The topological polar surface area (TPSA) is 38.5 Å². The van der Waals surface area contributed by atoms with Gasteiger partial charge in [-0.05, 0) is 30.5 Å². The molecule has 1 saturated carbocycles. The van der Waals surface area contributed by atoms with Crippen molar-refractivity contribution in [1.82, 2.24) is 0 Å². The molecule has 0 unspecified atom stereocenters. The third-order valence-electron chi connectivity index (χ3n) is 3.21. The van der Waals surface area contributed by atoms with Crippen LogP contribution in [0.3, 0.4) is 0 Å². The highest BCUT2D eigenvalue weighted by molar-refractivity contribution is 5.48. The Hall–Kier alpha value is -1.06. The molecular formula is C12H18N2O. The number of hydrogen-bond acceptors (Lipinski definition) is 3. The van der Waals surface area contributed by atoms with Crippen molar-refractivity contribution in [3.63, 3.8) is 0 Å². The van der Waals surface area contributed by atoms with Crippen molar-refractivity contribution in [2.45, 2.75) is 18.3 Å². The minimum absolute atomic E-state index is 0.208. The Balaban J connectivity index is 2.17. The van der Waals surface area contributed by atoms with E-state index in [0.29, 0.717) is 6.61 Å². The van der Waals surface area contributed by atoms with Gasteiger partial charge >= 0.3 is 0 Å². The standard InChI is InChI=1S/C12H18N2O/c1-14(2)11-5-3-10(4-6-11)12(7-8-12)9-15-13/h3-6H,7-9,13H2,1-2H3. The average molecular weight is 206 g/mol. The lowest BCUT2D eigenvalue weighted by Gasteiger charge is -2.17. The molecule has 15 heavy (non-hydrogen) atoms. The van der Waals surface area contributed by atoms with Gasteiger partial charge < -0.3 is 9.74 Å². The zero-order valence-corrected chi connectivity index (χ0v) is 9.36. The van der Waals surface area contributed by atoms with Gasteiger partial charge in [0.15, 0.2) is 0 Å². The molecule has 0 saturated heterocycles. The molecule has 0 radical (unpaired) electrons. The number of benzene rings is 1. The molecule has 1 fully saturated rings. The maximum atomic E-state index is 5.16. The molecule has 0 atom stereocenters. The van der Waals surface area contributed by atoms with Crippen LogP contribution in [0.15, 0.2) is 24.3 Å². The second-order valence-corrected chi connectivity index (χ2v) is 4.53. The van der Waals surface area contributed by atoms with Gasteiger partial charge in [0.1, 0.15) is 0 Å². The van der Waals surface area contributed by atoms with Crippen LogP contribution in [0.5, 0.6) is 0 Å². The first-order valence-electron chi connectivity index (χ1n) is 5.27. The van der Waals surface area contributed by atoms with E-state index in [2.05, 4.69) is 29.2 Å². The van der Waals surface area contributed by atoms with Crippen molar-refractivity contribution in [2.24, 2.45) is 5.90 Å². The Labute approximate surface area is 90.8 Å². The molecule has 0 heterocycles. The second-order valence-electron chi connectivity index (χ2n) is 4.53. The zero-order chi connectivity index (χ0) is 10.9. The van der Waals surface area contributed by atoms with Gasteiger partial charge in [-0.25, -0.2) is 5.90 Å². The highest BCUT2D eigenvalue weighted by Crippen LogP contribution is 2.48. The Morgan fingerprint density at radius 2 is 1.87 bits per heavy atom. The molecule has 0 bridgehead atoms. The van der Waals surface area contributed by atoms with Crippen LogP contribution in [0.2, 0.25) is 0 Å². The number of rotatable bonds is 4. The lowest BCUT2D eigenvalue weighted by molar-refractivity contribution is 0.116. The Kier molecular flexibility index (Phi) is 2.67. The lowest BCUT2D eigenvalue weighted by Crippen LogP contribution is -2.18. The molecule has 82 valence electrons.